The first kappa shape index (κ1) is 15.7. The number of rotatable bonds is 5. The summed E-state index contributed by atoms with van der Waals surface area (Å²) in [5.74, 6) is 0.740. The van der Waals surface area contributed by atoms with E-state index in [1.165, 1.54) is 0 Å². The number of amides is 1. The Bertz CT molecular complexity index is 356. The van der Waals surface area contributed by atoms with Crippen molar-refractivity contribution in [1.29, 1.82) is 0 Å². The highest BCUT2D eigenvalue weighted by molar-refractivity contribution is 5.85. The Labute approximate surface area is 108 Å². The van der Waals surface area contributed by atoms with Crippen molar-refractivity contribution in [1.82, 2.24) is 5.32 Å². The van der Waals surface area contributed by atoms with Gasteiger partial charge in [0.2, 0.25) is 5.91 Å². The lowest BCUT2D eigenvalue weighted by Crippen LogP contribution is -2.29. The highest BCUT2D eigenvalue weighted by Gasteiger charge is 2.06. The first-order valence-electron chi connectivity index (χ1n) is 5.27. The van der Waals surface area contributed by atoms with Gasteiger partial charge in [0.05, 0.1) is 7.11 Å². The van der Waals surface area contributed by atoms with Gasteiger partial charge in [-0.3, -0.25) is 4.79 Å². The lowest BCUT2D eigenvalue weighted by molar-refractivity contribution is -0.121. The van der Waals surface area contributed by atoms with E-state index in [-0.39, 0.29) is 24.4 Å². The average Bonchev–Trinajstić information content (AvgIpc) is 2.26. The number of benzene rings is 1. The van der Waals surface area contributed by atoms with E-state index in [0.717, 1.165) is 11.3 Å². The molecule has 0 fully saturated rings. The lowest BCUT2D eigenvalue weighted by Gasteiger charge is -2.10. The van der Waals surface area contributed by atoms with Crippen LogP contribution in [-0.2, 0) is 11.3 Å². The summed E-state index contributed by atoms with van der Waals surface area (Å²) in [6.07, 6.45) is 0.342. The van der Waals surface area contributed by atoms with E-state index in [4.69, 9.17) is 10.5 Å². The third-order valence-corrected chi connectivity index (χ3v) is 2.18. The summed E-state index contributed by atoms with van der Waals surface area (Å²) in [6, 6.07) is 7.48. The molecule has 17 heavy (non-hydrogen) atoms. The minimum Gasteiger partial charge on any atom is -0.496 e. The molecule has 5 heteroatoms. The second-order valence-corrected chi connectivity index (χ2v) is 3.77. The molecule has 0 aliphatic carbocycles. The number of para-hydroxylation sites is 1. The van der Waals surface area contributed by atoms with Crippen LogP contribution in [0.1, 0.15) is 18.9 Å². The van der Waals surface area contributed by atoms with E-state index in [0.29, 0.717) is 13.0 Å². The molecule has 1 unspecified atom stereocenters. The Hall–Kier alpha value is -1.26. The summed E-state index contributed by atoms with van der Waals surface area (Å²) >= 11 is 0. The molecular weight excluding hydrogens is 240 g/mol. The second-order valence-electron chi connectivity index (χ2n) is 3.77. The number of hydrogen-bond donors (Lipinski definition) is 2. The van der Waals surface area contributed by atoms with E-state index < -0.39 is 0 Å². The molecule has 0 saturated carbocycles. The van der Waals surface area contributed by atoms with Crippen LogP contribution in [0, 0.1) is 0 Å². The zero-order chi connectivity index (χ0) is 12.0. The number of hydrogen-bond acceptors (Lipinski definition) is 3. The molecule has 0 spiro atoms. The molecule has 96 valence electrons. The summed E-state index contributed by atoms with van der Waals surface area (Å²) in [4.78, 5) is 11.4. The smallest absolute Gasteiger partial charge is 0.221 e. The van der Waals surface area contributed by atoms with Crippen LogP contribution in [0.4, 0.5) is 0 Å². The molecule has 0 aromatic heterocycles. The van der Waals surface area contributed by atoms with Gasteiger partial charge in [0, 0.05) is 24.6 Å². The molecule has 1 amide bonds. The predicted molar refractivity (Wildman–Crippen MR) is 70.4 cm³/mol. The molecular formula is C12H19ClN2O2. The molecule has 1 aromatic rings. The molecule has 0 aliphatic rings. The standard InChI is InChI=1S/C12H18N2O2.ClH/c1-9(13)7-12(15)14-8-10-5-3-4-6-11(10)16-2;/h3-6,9H,7-8,13H2,1-2H3,(H,14,15);1H. The van der Waals surface area contributed by atoms with Gasteiger partial charge in [-0.1, -0.05) is 18.2 Å². The van der Waals surface area contributed by atoms with Crippen LogP contribution in [0.5, 0.6) is 5.75 Å². The predicted octanol–water partition coefficient (Wildman–Crippen LogP) is 1.47. The Morgan fingerprint density at radius 1 is 1.47 bits per heavy atom. The topological polar surface area (TPSA) is 64.3 Å². The Kier molecular flexibility index (Phi) is 7.34. The summed E-state index contributed by atoms with van der Waals surface area (Å²) < 4.78 is 5.18. The van der Waals surface area contributed by atoms with Crippen molar-refractivity contribution in [3.63, 3.8) is 0 Å². The quantitative estimate of drug-likeness (QED) is 0.841. The number of nitrogens with two attached hydrogens (primary N) is 1. The fourth-order valence-electron chi connectivity index (χ4n) is 1.41. The monoisotopic (exact) mass is 258 g/mol. The van der Waals surface area contributed by atoms with Crippen LogP contribution in [0.15, 0.2) is 24.3 Å². The number of carbonyl (C=O) groups excluding carboxylic acids is 1. The summed E-state index contributed by atoms with van der Waals surface area (Å²) in [6.45, 7) is 2.28. The Balaban J connectivity index is 0.00000256. The number of carbonyl (C=O) groups is 1. The maximum absolute atomic E-state index is 11.4. The fourth-order valence-corrected chi connectivity index (χ4v) is 1.41. The van der Waals surface area contributed by atoms with Crippen molar-refractivity contribution in [2.45, 2.75) is 25.9 Å². The first-order chi connectivity index (χ1) is 7.63. The van der Waals surface area contributed by atoms with Crippen molar-refractivity contribution in [2.75, 3.05) is 7.11 Å². The largest absolute Gasteiger partial charge is 0.496 e. The maximum atomic E-state index is 11.4. The number of ether oxygens (including phenoxy) is 1. The van der Waals surface area contributed by atoms with Crippen molar-refractivity contribution in [2.24, 2.45) is 5.73 Å². The molecule has 1 aromatic carbocycles. The van der Waals surface area contributed by atoms with Gasteiger partial charge in [-0.15, -0.1) is 12.4 Å². The minimum absolute atomic E-state index is 0. The molecule has 3 N–H and O–H groups in total. The van der Waals surface area contributed by atoms with Gasteiger partial charge in [-0.25, -0.2) is 0 Å². The van der Waals surface area contributed by atoms with Crippen molar-refractivity contribution in [3.05, 3.63) is 29.8 Å². The van der Waals surface area contributed by atoms with Crippen LogP contribution in [0.3, 0.4) is 0 Å². The molecule has 1 rings (SSSR count). The van der Waals surface area contributed by atoms with Gasteiger partial charge >= 0.3 is 0 Å². The van der Waals surface area contributed by atoms with Gasteiger partial charge in [0.15, 0.2) is 0 Å². The number of halogens is 1. The van der Waals surface area contributed by atoms with Gasteiger partial charge in [-0.05, 0) is 13.0 Å². The molecule has 0 saturated heterocycles. The fraction of sp³-hybridized carbons (Fsp3) is 0.417. The van der Waals surface area contributed by atoms with Crippen LogP contribution >= 0.6 is 12.4 Å². The highest BCUT2D eigenvalue weighted by Crippen LogP contribution is 2.16. The normalized spacial score (nSPS) is 11.2. The van der Waals surface area contributed by atoms with E-state index in [2.05, 4.69) is 5.32 Å². The minimum atomic E-state index is -0.113. The van der Waals surface area contributed by atoms with Crippen LogP contribution in [0.25, 0.3) is 0 Å². The SMILES string of the molecule is COc1ccccc1CNC(=O)CC(C)N.Cl. The molecule has 0 bridgehead atoms. The van der Waals surface area contributed by atoms with Crippen LogP contribution < -0.4 is 15.8 Å². The second kappa shape index (κ2) is 7.92. The molecule has 0 aliphatic heterocycles. The van der Waals surface area contributed by atoms with E-state index in [1.54, 1.807) is 7.11 Å². The van der Waals surface area contributed by atoms with E-state index in [9.17, 15) is 4.79 Å². The molecule has 1 atom stereocenters. The zero-order valence-electron chi connectivity index (χ0n) is 10.1. The van der Waals surface area contributed by atoms with Crippen LogP contribution in [0.2, 0.25) is 0 Å². The third kappa shape index (κ3) is 5.56. The maximum Gasteiger partial charge on any atom is 0.221 e. The van der Waals surface area contributed by atoms with Gasteiger partial charge in [0.25, 0.3) is 0 Å². The molecule has 0 radical (unpaired) electrons. The van der Waals surface area contributed by atoms with Crippen molar-refractivity contribution >= 4 is 18.3 Å². The average molecular weight is 259 g/mol. The Morgan fingerprint density at radius 2 is 2.12 bits per heavy atom. The van der Waals surface area contributed by atoms with Gasteiger partial charge in [-0.2, -0.15) is 0 Å². The van der Waals surface area contributed by atoms with Crippen molar-refractivity contribution < 1.29 is 9.53 Å². The van der Waals surface area contributed by atoms with Crippen molar-refractivity contribution in [3.8, 4) is 5.75 Å². The molecule has 0 heterocycles. The van der Waals surface area contributed by atoms with Gasteiger partial charge in [0.1, 0.15) is 5.75 Å². The number of methoxy groups -OCH3 is 1. The summed E-state index contributed by atoms with van der Waals surface area (Å²) in [7, 11) is 1.61. The van der Waals surface area contributed by atoms with E-state index >= 15 is 0 Å². The number of nitrogens with one attached hydrogen (secondary N) is 1. The molecule has 4 nitrogen and oxygen atoms in total. The lowest BCUT2D eigenvalue weighted by atomic mass is 10.2. The summed E-state index contributed by atoms with van der Waals surface area (Å²) in [5.41, 5.74) is 6.49. The van der Waals surface area contributed by atoms with Gasteiger partial charge < -0.3 is 15.8 Å². The zero-order valence-corrected chi connectivity index (χ0v) is 10.9. The summed E-state index contributed by atoms with van der Waals surface area (Å²) in [5, 5.41) is 2.81. The van der Waals surface area contributed by atoms with Crippen LogP contribution in [-0.4, -0.2) is 19.1 Å². The highest BCUT2D eigenvalue weighted by atomic mass is 35.5. The first-order valence-corrected chi connectivity index (χ1v) is 5.27. The Morgan fingerprint density at radius 3 is 2.71 bits per heavy atom. The van der Waals surface area contributed by atoms with E-state index in [1.807, 2.05) is 31.2 Å². The third-order valence-electron chi connectivity index (χ3n) is 2.18.